The first-order chi connectivity index (χ1) is 11.3. The maximum absolute atomic E-state index is 12.3. The lowest BCUT2D eigenvalue weighted by atomic mass is 10.2. The first kappa shape index (κ1) is 17.4. The van der Waals surface area contributed by atoms with Crippen LogP contribution in [0.1, 0.15) is 11.3 Å². The molecule has 0 aliphatic heterocycles. The van der Waals surface area contributed by atoms with Gasteiger partial charge in [-0.15, -0.1) is 0 Å². The van der Waals surface area contributed by atoms with Gasteiger partial charge in [-0.2, -0.15) is 0 Å². The molecule has 0 aliphatic rings. The summed E-state index contributed by atoms with van der Waals surface area (Å²) in [6.45, 7) is 2.09. The van der Waals surface area contributed by atoms with Gasteiger partial charge in [0.15, 0.2) is 5.65 Å². The molecule has 0 unspecified atom stereocenters. The number of fused-ring (bicyclic) bond motifs is 1. The number of rotatable bonds is 3. The van der Waals surface area contributed by atoms with Gasteiger partial charge in [-0.05, 0) is 30.7 Å². The van der Waals surface area contributed by atoms with Gasteiger partial charge in [-0.1, -0.05) is 46.4 Å². The Morgan fingerprint density at radius 2 is 1.75 bits per heavy atom. The molecule has 8 heteroatoms. The molecule has 24 heavy (non-hydrogen) atoms. The Bertz CT molecular complexity index is 981. The summed E-state index contributed by atoms with van der Waals surface area (Å²) < 4.78 is 1.33. The molecule has 2 aromatic heterocycles. The highest BCUT2D eigenvalue weighted by Crippen LogP contribution is 2.26. The van der Waals surface area contributed by atoms with Gasteiger partial charge in [0, 0.05) is 28.0 Å². The van der Waals surface area contributed by atoms with E-state index in [9.17, 15) is 4.79 Å². The second-order valence-corrected chi connectivity index (χ2v) is 6.87. The quantitative estimate of drug-likeness (QED) is 0.652. The second kappa shape index (κ2) is 6.81. The normalized spacial score (nSPS) is 11.0. The third-order valence-electron chi connectivity index (χ3n) is 3.47. The van der Waals surface area contributed by atoms with Crippen LogP contribution < -0.4 is 10.9 Å². The van der Waals surface area contributed by atoms with E-state index in [4.69, 9.17) is 46.4 Å². The van der Waals surface area contributed by atoms with Crippen molar-refractivity contribution in [3.05, 3.63) is 72.2 Å². The predicted molar refractivity (Wildman–Crippen MR) is 100 cm³/mol. The smallest absolute Gasteiger partial charge is 0.258 e. The molecule has 0 spiro atoms. The van der Waals surface area contributed by atoms with Crippen molar-refractivity contribution >= 4 is 57.7 Å². The first-order valence-corrected chi connectivity index (χ1v) is 8.43. The zero-order chi connectivity index (χ0) is 17.4. The fraction of sp³-hybridized carbons (Fsp3) is 0.125. The number of pyridine rings is 1. The van der Waals surface area contributed by atoms with E-state index in [2.05, 4.69) is 10.3 Å². The lowest BCUT2D eigenvalue weighted by Gasteiger charge is -2.10. The van der Waals surface area contributed by atoms with Crippen molar-refractivity contribution in [1.82, 2.24) is 9.38 Å². The fourth-order valence-corrected chi connectivity index (χ4v) is 3.24. The fourth-order valence-electron chi connectivity index (χ4n) is 2.24. The molecule has 0 bridgehead atoms. The number of halogens is 4. The van der Waals surface area contributed by atoms with Gasteiger partial charge >= 0.3 is 0 Å². The third-order valence-corrected chi connectivity index (χ3v) is 4.74. The minimum absolute atomic E-state index is 0.260. The van der Waals surface area contributed by atoms with Gasteiger partial charge in [0.25, 0.3) is 5.56 Å². The number of hydrogen-bond donors (Lipinski definition) is 1. The number of nitrogens with zero attached hydrogens (tertiary/aromatic N) is 2. The lowest BCUT2D eigenvalue weighted by molar-refractivity contribution is 0.968. The Morgan fingerprint density at radius 1 is 1.08 bits per heavy atom. The molecular weight excluding hydrogens is 392 g/mol. The van der Waals surface area contributed by atoms with E-state index in [1.807, 2.05) is 0 Å². The topological polar surface area (TPSA) is 46.4 Å². The molecule has 2 heterocycles. The summed E-state index contributed by atoms with van der Waals surface area (Å²) in [5, 5.41) is 4.93. The van der Waals surface area contributed by atoms with Gasteiger partial charge in [-0.25, -0.2) is 4.98 Å². The van der Waals surface area contributed by atoms with E-state index in [1.54, 1.807) is 25.1 Å². The number of benzene rings is 1. The number of nitrogens with one attached hydrogen (secondary N) is 1. The molecule has 124 valence electrons. The van der Waals surface area contributed by atoms with Crippen molar-refractivity contribution in [3.8, 4) is 0 Å². The van der Waals surface area contributed by atoms with E-state index in [-0.39, 0.29) is 5.56 Å². The summed E-state index contributed by atoms with van der Waals surface area (Å²) in [4.78, 5) is 16.7. The standard InChI is InChI=1S/C16H11Cl4N3O/c1-8-13(19)7-23-14(24)5-12(22-16(23)15(8)20)6-21-11-3-9(17)2-10(18)4-11/h2-5,7,21H,6H2,1H3. The Morgan fingerprint density at radius 3 is 2.42 bits per heavy atom. The van der Waals surface area contributed by atoms with Crippen LogP contribution in [0.4, 0.5) is 5.69 Å². The summed E-state index contributed by atoms with van der Waals surface area (Å²) in [6.07, 6.45) is 1.52. The average molecular weight is 403 g/mol. The van der Waals surface area contributed by atoms with Crippen molar-refractivity contribution < 1.29 is 0 Å². The molecule has 4 nitrogen and oxygen atoms in total. The molecule has 1 N–H and O–H groups in total. The molecular formula is C16H11Cl4N3O. The van der Waals surface area contributed by atoms with Crippen LogP contribution in [0.15, 0.2) is 35.3 Å². The largest absolute Gasteiger partial charge is 0.379 e. The third kappa shape index (κ3) is 3.47. The summed E-state index contributed by atoms with van der Waals surface area (Å²) in [5.74, 6) is 0. The van der Waals surface area contributed by atoms with Crippen LogP contribution in [0.2, 0.25) is 20.1 Å². The Hall–Kier alpha value is -1.46. The summed E-state index contributed by atoms with van der Waals surface area (Å²) >= 11 is 24.3. The highest BCUT2D eigenvalue weighted by atomic mass is 35.5. The number of hydrogen-bond acceptors (Lipinski definition) is 3. The summed E-state index contributed by atoms with van der Waals surface area (Å²) in [7, 11) is 0. The van der Waals surface area contributed by atoms with Crippen LogP contribution in [0.3, 0.4) is 0 Å². The van der Waals surface area contributed by atoms with Crippen molar-refractivity contribution in [2.24, 2.45) is 0 Å². The second-order valence-electron chi connectivity index (χ2n) is 5.21. The molecule has 1 aromatic carbocycles. The predicted octanol–water partition coefficient (Wildman–Crippen LogP) is 5.23. The van der Waals surface area contributed by atoms with Crippen LogP contribution in [-0.2, 0) is 6.54 Å². The van der Waals surface area contributed by atoms with E-state index in [1.165, 1.54) is 16.7 Å². The summed E-state index contributed by atoms with van der Waals surface area (Å²) in [5.41, 5.74) is 2.06. The maximum Gasteiger partial charge on any atom is 0.258 e. The minimum Gasteiger partial charge on any atom is -0.379 e. The van der Waals surface area contributed by atoms with E-state index in [0.717, 1.165) is 5.69 Å². The van der Waals surface area contributed by atoms with Gasteiger partial charge in [-0.3, -0.25) is 9.20 Å². The van der Waals surface area contributed by atoms with Crippen LogP contribution >= 0.6 is 46.4 Å². The SMILES string of the molecule is Cc1c(Cl)cn2c(=O)cc(CNc3cc(Cl)cc(Cl)c3)nc2c1Cl. The first-order valence-electron chi connectivity index (χ1n) is 6.92. The molecule has 0 radical (unpaired) electrons. The molecule has 0 saturated carbocycles. The Balaban J connectivity index is 1.97. The zero-order valence-electron chi connectivity index (χ0n) is 12.4. The van der Waals surface area contributed by atoms with Crippen LogP contribution in [-0.4, -0.2) is 9.38 Å². The highest BCUT2D eigenvalue weighted by molar-refractivity contribution is 6.37. The number of aromatic nitrogens is 2. The van der Waals surface area contributed by atoms with Gasteiger partial charge in [0.1, 0.15) is 0 Å². The molecule has 0 saturated heterocycles. The number of anilines is 1. The molecule has 0 atom stereocenters. The lowest BCUT2D eigenvalue weighted by Crippen LogP contribution is -2.17. The average Bonchev–Trinajstić information content (AvgIpc) is 2.51. The molecule has 0 fully saturated rings. The van der Waals surface area contributed by atoms with E-state index >= 15 is 0 Å². The van der Waals surface area contributed by atoms with Crippen molar-refractivity contribution in [3.63, 3.8) is 0 Å². The maximum atomic E-state index is 12.3. The molecule has 0 aliphatic carbocycles. The van der Waals surface area contributed by atoms with E-state index in [0.29, 0.717) is 43.5 Å². The molecule has 3 rings (SSSR count). The van der Waals surface area contributed by atoms with Crippen LogP contribution in [0.5, 0.6) is 0 Å². The van der Waals surface area contributed by atoms with Crippen LogP contribution in [0, 0.1) is 6.92 Å². The Kier molecular flexibility index (Phi) is 4.92. The molecule has 0 amide bonds. The monoisotopic (exact) mass is 401 g/mol. The van der Waals surface area contributed by atoms with Gasteiger partial charge in [0.05, 0.1) is 22.3 Å². The minimum atomic E-state index is -0.260. The van der Waals surface area contributed by atoms with Crippen LogP contribution in [0.25, 0.3) is 5.65 Å². The highest BCUT2D eigenvalue weighted by Gasteiger charge is 2.11. The van der Waals surface area contributed by atoms with Crippen molar-refractivity contribution in [2.45, 2.75) is 13.5 Å². The van der Waals surface area contributed by atoms with Gasteiger partial charge < -0.3 is 5.32 Å². The van der Waals surface area contributed by atoms with Gasteiger partial charge in [0.2, 0.25) is 0 Å². The van der Waals surface area contributed by atoms with Crippen molar-refractivity contribution in [2.75, 3.05) is 5.32 Å². The zero-order valence-corrected chi connectivity index (χ0v) is 15.4. The van der Waals surface area contributed by atoms with Crippen molar-refractivity contribution in [1.29, 1.82) is 0 Å². The summed E-state index contributed by atoms with van der Waals surface area (Å²) in [6, 6.07) is 6.53. The Labute approximate surface area is 157 Å². The molecule has 3 aromatic rings. The van der Waals surface area contributed by atoms with E-state index < -0.39 is 0 Å².